The smallest absolute Gasteiger partial charge is 0.239 e. The largest absolute Gasteiger partial charge is 0.395 e. The van der Waals surface area contributed by atoms with Crippen LogP contribution in [0.4, 0.5) is 0 Å². The normalized spacial score (nSPS) is 20.5. The molecule has 88 valence electrons. The van der Waals surface area contributed by atoms with Gasteiger partial charge in [0.25, 0.3) is 0 Å². The van der Waals surface area contributed by atoms with Crippen molar-refractivity contribution in [1.29, 1.82) is 0 Å². The number of nitrogens with zero attached hydrogens (tertiary/aromatic N) is 1. The number of amides is 1. The maximum absolute atomic E-state index is 11.9. The summed E-state index contributed by atoms with van der Waals surface area (Å²) in [4.78, 5) is 13.6. The second-order valence-electron chi connectivity index (χ2n) is 3.69. The van der Waals surface area contributed by atoms with Crippen LogP contribution in [0.5, 0.6) is 0 Å². The van der Waals surface area contributed by atoms with E-state index in [4.69, 9.17) is 9.84 Å². The molecular formula is C10H20N2O3. The molecule has 0 radical (unpaired) electrons. The Labute approximate surface area is 90.4 Å². The van der Waals surface area contributed by atoms with E-state index in [0.29, 0.717) is 19.7 Å². The van der Waals surface area contributed by atoms with Gasteiger partial charge in [0.1, 0.15) is 0 Å². The van der Waals surface area contributed by atoms with Gasteiger partial charge in [0.05, 0.1) is 19.3 Å². The number of methoxy groups -OCH3 is 1. The number of nitrogens with one attached hydrogen (secondary N) is 1. The lowest BCUT2D eigenvalue weighted by molar-refractivity contribution is -0.134. The number of aliphatic hydroxyl groups excluding tert-OH is 1. The fourth-order valence-corrected chi connectivity index (χ4v) is 1.77. The fourth-order valence-electron chi connectivity index (χ4n) is 1.77. The summed E-state index contributed by atoms with van der Waals surface area (Å²) in [6.07, 6.45) is 1.95. The number of aliphatic hydroxyl groups is 1. The van der Waals surface area contributed by atoms with Crippen LogP contribution in [0.3, 0.4) is 0 Å². The minimum Gasteiger partial charge on any atom is -0.395 e. The first-order chi connectivity index (χ1) is 7.29. The molecule has 5 nitrogen and oxygen atoms in total. The van der Waals surface area contributed by atoms with E-state index in [2.05, 4.69) is 5.32 Å². The molecule has 5 heteroatoms. The SMILES string of the molecule is COCCN(CCO)C(=O)[C@H]1CCCN1. The molecule has 0 unspecified atom stereocenters. The van der Waals surface area contributed by atoms with Crippen molar-refractivity contribution < 1.29 is 14.6 Å². The number of carbonyl (C=O) groups excluding carboxylic acids is 1. The van der Waals surface area contributed by atoms with E-state index in [9.17, 15) is 4.79 Å². The lowest BCUT2D eigenvalue weighted by Gasteiger charge is -2.24. The summed E-state index contributed by atoms with van der Waals surface area (Å²) in [5.74, 6) is 0.0820. The van der Waals surface area contributed by atoms with E-state index in [1.165, 1.54) is 0 Å². The average molecular weight is 216 g/mol. The van der Waals surface area contributed by atoms with E-state index in [1.807, 2.05) is 0 Å². The number of hydrogen-bond donors (Lipinski definition) is 2. The highest BCUT2D eigenvalue weighted by Gasteiger charge is 2.26. The third kappa shape index (κ3) is 3.77. The zero-order valence-corrected chi connectivity index (χ0v) is 9.24. The summed E-state index contributed by atoms with van der Waals surface area (Å²) < 4.78 is 4.94. The zero-order chi connectivity index (χ0) is 11.1. The molecule has 0 saturated carbocycles. The van der Waals surface area contributed by atoms with Gasteiger partial charge in [0.2, 0.25) is 5.91 Å². The topological polar surface area (TPSA) is 61.8 Å². The Morgan fingerprint density at radius 3 is 2.93 bits per heavy atom. The molecule has 0 bridgehead atoms. The highest BCUT2D eigenvalue weighted by molar-refractivity contribution is 5.82. The second kappa shape index (κ2) is 6.76. The number of ether oxygens (including phenoxy) is 1. The number of carbonyl (C=O) groups is 1. The van der Waals surface area contributed by atoms with Gasteiger partial charge < -0.3 is 20.1 Å². The van der Waals surface area contributed by atoms with Gasteiger partial charge in [-0.1, -0.05) is 0 Å². The van der Waals surface area contributed by atoms with Crippen LogP contribution in [0.1, 0.15) is 12.8 Å². The van der Waals surface area contributed by atoms with E-state index < -0.39 is 0 Å². The molecule has 1 aliphatic heterocycles. The van der Waals surface area contributed by atoms with Gasteiger partial charge in [-0.05, 0) is 19.4 Å². The molecule has 1 rings (SSSR count). The predicted molar refractivity (Wildman–Crippen MR) is 56.6 cm³/mol. The van der Waals surface area contributed by atoms with Crippen LogP contribution >= 0.6 is 0 Å². The van der Waals surface area contributed by atoms with Crippen LogP contribution in [0.2, 0.25) is 0 Å². The highest BCUT2D eigenvalue weighted by atomic mass is 16.5. The Balaban J connectivity index is 2.41. The maximum Gasteiger partial charge on any atom is 0.239 e. The molecule has 1 heterocycles. The van der Waals surface area contributed by atoms with Crippen LogP contribution < -0.4 is 5.32 Å². The van der Waals surface area contributed by atoms with Crippen molar-refractivity contribution in [3.63, 3.8) is 0 Å². The molecular weight excluding hydrogens is 196 g/mol. The molecule has 1 amide bonds. The van der Waals surface area contributed by atoms with Gasteiger partial charge >= 0.3 is 0 Å². The molecule has 0 aromatic carbocycles. The van der Waals surface area contributed by atoms with Crippen LogP contribution in [-0.4, -0.2) is 61.9 Å². The van der Waals surface area contributed by atoms with Crippen molar-refractivity contribution >= 4 is 5.91 Å². The number of hydrogen-bond acceptors (Lipinski definition) is 4. The minimum atomic E-state index is -0.0617. The minimum absolute atomic E-state index is 0.00216. The lowest BCUT2D eigenvalue weighted by Crippen LogP contribution is -2.46. The predicted octanol–water partition coefficient (Wildman–Crippen LogP) is -0.794. The molecule has 2 N–H and O–H groups in total. The number of rotatable bonds is 6. The summed E-state index contributed by atoms with van der Waals surface area (Å²) in [6.45, 7) is 2.36. The van der Waals surface area contributed by atoms with Gasteiger partial charge in [-0.25, -0.2) is 0 Å². The Kier molecular flexibility index (Phi) is 5.60. The Morgan fingerprint density at radius 1 is 1.60 bits per heavy atom. The first kappa shape index (κ1) is 12.4. The Bertz CT molecular complexity index is 193. The van der Waals surface area contributed by atoms with Crippen LogP contribution in [0.25, 0.3) is 0 Å². The standard InChI is InChI=1S/C10H20N2O3/c1-15-8-6-12(5-7-13)10(14)9-3-2-4-11-9/h9,11,13H,2-8H2,1H3/t9-/m1/s1. The summed E-state index contributed by atoms with van der Waals surface area (Å²) in [6, 6.07) is -0.0617. The van der Waals surface area contributed by atoms with Gasteiger partial charge in [0.15, 0.2) is 0 Å². The zero-order valence-electron chi connectivity index (χ0n) is 9.24. The molecule has 0 aromatic rings. The monoisotopic (exact) mass is 216 g/mol. The molecule has 15 heavy (non-hydrogen) atoms. The first-order valence-electron chi connectivity index (χ1n) is 5.41. The van der Waals surface area contributed by atoms with Crippen molar-refractivity contribution in [2.75, 3.05) is 40.0 Å². The van der Waals surface area contributed by atoms with Crippen molar-refractivity contribution in [1.82, 2.24) is 10.2 Å². The molecule has 0 spiro atoms. The van der Waals surface area contributed by atoms with Crippen molar-refractivity contribution in [2.45, 2.75) is 18.9 Å². The highest BCUT2D eigenvalue weighted by Crippen LogP contribution is 2.08. The fraction of sp³-hybridized carbons (Fsp3) is 0.900. The Hall–Kier alpha value is -0.650. The first-order valence-corrected chi connectivity index (χ1v) is 5.41. The van der Waals surface area contributed by atoms with Crippen LogP contribution in [0, 0.1) is 0 Å². The quantitative estimate of drug-likeness (QED) is 0.610. The summed E-state index contributed by atoms with van der Waals surface area (Å²) in [7, 11) is 1.61. The van der Waals surface area contributed by atoms with Crippen molar-refractivity contribution in [2.24, 2.45) is 0 Å². The van der Waals surface area contributed by atoms with Crippen molar-refractivity contribution in [3.8, 4) is 0 Å². The van der Waals surface area contributed by atoms with Gasteiger partial charge in [0, 0.05) is 20.2 Å². The maximum atomic E-state index is 11.9. The van der Waals surface area contributed by atoms with E-state index in [-0.39, 0.29) is 18.6 Å². The molecule has 0 aromatic heterocycles. The molecule has 0 aliphatic carbocycles. The molecule has 1 aliphatic rings. The molecule has 1 saturated heterocycles. The van der Waals surface area contributed by atoms with Gasteiger partial charge in [-0.3, -0.25) is 4.79 Å². The van der Waals surface area contributed by atoms with Crippen molar-refractivity contribution in [3.05, 3.63) is 0 Å². The van der Waals surface area contributed by atoms with E-state index in [0.717, 1.165) is 19.4 Å². The summed E-state index contributed by atoms with van der Waals surface area (Å²) in [5.41, 5.74) is 0. The van der Waals surface area contributed by atoms with E-state index >= 15 is 0 Å². The second-order valence-corrected chi connectivity index (χ2v) is 3.69. The van der Waals surface area contributed by atoms with Crippen LogP contribution in [0.15, 0.2) is 0 Å². The molecule has 1 atom stereocenters. The van der Waals surface area contributed by atoms with Gasteiger partial charge in [-0.2, -0.15) is 0 Å². The molecule has 1 fully saturated rings. The third-order valence-electron chi connectivity index (χ3n) is 2.61. The average Bonchev–Trinajstić information content (AvgIpc) is 2.76. The lowest BCUT2D eigenvalue weighted by atomic mass is 10.2. The summed E-state index contributed by atoms with van der Waals surface area (Å²) in [5, 5.41) is 12.0. The summed E-state index contributed by atoms with van der Waals surface area (Å²) >= 11 is 0. The van der Waals surface area contributed by atoms with E-state index in [1.54, 1.807) is 12.0 Å². The van der Waals surface area contributed by atoms with Gasteiger partial charge in [-0.15, -0.1) is 0 Å². The third-order valence-corrected chi connectivity index (χ3v) is 2.61. The Morgan fingerprint density at radius 2 is 2.40 bits per heavy atom. The van der Waals surface area contributed by atoms with Crippen LogP contribution in [-0.2, 0) is 9.53 Å².